The molecule has 0 aliphatic rings. The second kappa shape index (κ2) is 5.67. The molecule has 116 valence electrons. The number of nitrogens with zero attached hydrogens (tertiary/aromatic N) is 1. The number of carbonyl (C=O) groups is 1. The minimum atomic E-state index is -4.59. The molecule has 2 aromatic rings. The Bertz CT molecular complexity index is 726. The molecule has 2 rings (SSSR count). The molecular weight excluding hydrogens is 299 g/mol. The number of methoxy groups -OCH3 is 1. The van der Waals surface area contributed by atoms with Gasteiger partial charge in [-0.15, -0.1) is 0 Å². The predicted octanol–water partition coefficient (Wildman–Crippen LogP) is 3.78. The lowest BCUT2D eigenvalue weighted by atomic mass is 10.0. The monoisotopic (exact) mass is 311 g/mol. The number of ether oxygens (including phenoxy) is 1. The molecule has 1 aromatic heterocycles. The van der Waals surface area contributed by atoms with Gasteiger partial charge in [0.2, 0.25) is 0 Å². The summed E-state index contributed by atoms with van der Waals surface area (Å²) >= 11 is 0. The summed E-state index contributed by atoms with van der Waals surface area (Å²) in [5, 5.41) is 9.04. The number of pyridine rings is 1. The van der Waals surface area contributed by atoms with Crippen molar-refractivity contribution < 1.29 is 27.8 Å². The second-order valence-electron chi connectivity index (χ2n) is 4.60. The van der Waals surface area contributed by atoms with Gasteiger partial charge >= 0.3 is 12.1 Å². The summed E-state index contributed by atoms with van der Waals surface area (Å²) in [4.78, 5) is 15.1. The number of benzene rings is 1. The molecule has 0 spiro atoms. The first-order valence-corrected chi connectivity index (χ1v) is 6.20. The number of carboxylic acid groups (broad SMARTS) is 1. The van der Waals surface area contributed by atoms with Crippen LogP contribution in [0.2, 0.25) is 0 Å². The highest BCUT2D eigenvalue weighted by Crippen LogP contribution is 2.38. The average Bonchev–Trinajstić information content (AvgIpc) is 2.44. The first-order valence-electron chi connectivity index (χ1n) is 6.20. The first-order chi connectivity index (χ1) is 10.2. The molecule has 0 amide bonds. The lowest BCUT2D eigenvalue weighted by Gasteiger charge is -2.14. The summed E-state index contributed by atoms with van der Waals surface area (Å²) < 4.78 is 44.4. The Morgan fingerprint density at radius 3 is 2.45 bits per heavy atom. The van der Waals surface area contributed by atoms with Gasteiger partial charge in [-0.2, -0.15) is 13.2 Å². The third-order valence-electron chi connectivity index (χ3n) is 3.01. The van der Waals surface area contributed by atoms with E-state index in [1.165, 1.54) is 32.2 Å². The van der Waals surface area contributed by atoms with Crippen LogP contribution < -0.4 is 4.74 Å². The second-order valence-corrected chi connectivity index (χ2v) is 4.60. The number of aromatic carboxylic acids is 1. The Balaban J connectivity index is 2.72. The number of aromatic nitrogens is 1. The molecule has 0 aliphatic heterocycles. The van der Waals surface area contributed by atoms with Crippen molar-refractivity contribution in [2.75, 3.05) is 7.11 Å². The van der Waals surface area contributed by atoms with Gasteiger partial charge < -0.3 is 9.84 Å². The number of rotatable bonds is 3. The predicted molar refractivity (Wildman–Crippen MR) is 72.9 cm³/mol. The number of hydrogen-bond acceptors (Lipinski definition) is 3. The average molecular weight is 311 g/mol. The van der Waals surface area contributed by atoms with Crippen molar-refractivity contribution in [1.82, 2.24) is 4.98 Å². The van der Waals surface area contributed by atoms with E-state index in [9.17, 15) is 18.0 Å². The fourth-order valence-corrected chi connectivity index (χ4v) is 2.04. The zero-order valence-corrected chi connectivity index (χ0v) is 11.7. The van der Waals surface area contributed by atoms with Gasteiger partial charge in [-0.1, -0.05) is 0 Å². The van der Waals surface area contributed by atoms with E-state index in [1.54, 1.807) is 0 Å². The van der Waals surface area contributed by atoms with Crippen molar-refractivity contribution in [2.24, 2.45) is 0 Å². The third kappa shape index (κ3) is 3.19. The van der Waals surface area contributed by atoms with Gasteiger partial charge in [0.1, 0.15) is 5.75 Å². The standard InChI is InChI=1S/C15H12F3NO3/c1-8-5-9(14(20)21)6-13(19-8)11-7-10(22-2)3-4-12(11)15(16,17)18/h3-7H,1-2H3,(H,20,21). The van der Waals surface area contributed by atoms with Crippen LogP contribution in [0.3, 0.4) is 0 Å². The quantitative estimate of drug-likeness (QED) is 0.937. The summed E-state index contributed by atoms with van der Waals surface area (Å²) in [6, 6.07) is 5.67. The molecule has 1 heterocycles. The topological polar surface area (TPSA) is 59.4 Å². The largest absolute Gasteiger partial charge is 0.497 e. The van der Waals surface area contributed by atoms with Crippen molar-refractivity contribution in [1.29, 1.82) is 0 Å². The van der Waals surface area contributed by atoms with Crippen molar-refractivity contribution in [2.45, 2.75) is 13.1 Å². The molecule has 7 heteroatoms. The lowest BCUT2D eigenvalue weighted by Crippen LogP contribution is -2.08. The highest BCUT2D eigenvalue weighted by Gasteiger charge is 2.34. The molecule has 4 nitrogen and oxygen atoms in total. The molecule has 0 aliphatic carbocycles. The normalized spacial score (nSPS) is 11.3. The lowest BCUT2D eigenvalue weighted by molar-refractivity contribution is -0.137. The number of halogens is 3. The van der Waals surface area contributed by atoms with Crippen molar-refractivity contribution >= 4 is 5.97 Å². The molecule has 0 saturated heterocycles. The molecule has 0 radical (unpaired) electrons. The number of hydrogen-bond donors (Lipinski definition) is 1. The third-order valence-corrected chi connectivity index (χ3v) is 3.01. The van der Waals surface area contributed by atoms with Gasteiger partial charge in [0.15, 0.2) is 0 Å². The van der Waals surface area contributed by atoms with Gasteiger partial charge in [-0.3, -0.25) is 4.98 Å². The summed E-state index contributed by atoms with van der Waals surface area (Å²) in [7, 11) is 1.33. The van der Waals surface area contributed by atoms with E-state index < -0.39 is 17.7 Å². The Kier molecular flexibility index (Phi) is 4.07. The molecule has 0 saturated carbocycles. The van der Waals surface area contributed by atoms with E-state index in [1.807, 2.05) is 0 Å². The smallest absolute Gasteiger partial charge is 0.417 e. The number of carboxylic acids is 1. The van der Waals surface area contributed by atoms with Gasteiger partial charge in [-0.05, 0) is 37.3 Å². The van der Waals surface area contributed by atoms with E-state index in [0.717, 1.165) is 12.1 Å². The molecular formula is C15H12F3NO3. The van der Waals surface area contributed by atoms with Crippen LogP contribution in [0.5, 0.6) is 5.75 Å². The fraction of sp³-hybridized carbons (Fsp3) is 0.200. The van der Waals surface area contributed by atoms with E-state index in [-0.39, 0.29) is 22.6 Å². The summed E-state index contributed by atoms with van der Waals surface area (Å²) in [5.74, 6) is -1.01. The van der Waals surface area contributed by atoms with Crippen LogP contribution in [-0.2, 0) is 6.18 Å². The van der Waals surface area contributed by atoms with Gasteiger partial charge in [0, 0.05) is 11.3 Å². The minimum absolute atomic E-state index is 0.0661. The molecule has 1 N–H and O–H groups in total. The van der Waals surface area contributed by atoms with Gasteiger partial charge in [0.05, 0.1) is 23.9 Å². The Labute approximate surface area is 124 Å². The minimum Gasteiger partial charge on any atom is -0.497 e. The summed E-state index contributed by atoms with van der Waals surface area (Å²) in [5.41, 5.74) is -1.01. The first kappa shape index (κ1) is 15.8. The van der Waals surface area contributed by atoms with Crippen LogP contribution in [0.25, 0.3) is 11.3 Å². The Morgan fingerprint density at radius 1 is 1.23 bits per heavy atom. The summed E-state index contributed by atoms with van der Waals surface area (Å²) in [6.07, 6.45) is -4.59. The maximum Gasteiger partial charge on any atom is 0.417 e. The molecule has 0 atom stereocenters. The van der Waals surface area contributed by atoms with E-state index in [4.69, 9.17) is 9.84 Å². The van der Waals surface area contributed by atoms with Crippen molar-refractivity contribution in [3.63, 3.8) is 0 Å². The van der Waals surface area contributed by atoms with Crippen LogP contribution in [-0.4, -0.2) is 23.2 Å². The summed E-state index contributed by atoms with van der Waals surface area (Å²) in [6.45, 7) is 1.52. The Morgan fingerprint density at radius 2 is 1.91 bits per heavy atom. The van der Waals surface area contributed by atoms with Crippen LogP contribution in [0.15, 0.2) is 30.3 Å². The van der Waals surface area contributed by atoms with Crippen LogP contribution in [0, 0.1) is 6.92 Å². The highest BCUT2D eigenvalue weighted by atomic mass is 19.4. The van der Waals surface area contributed by atoms with Crippen molar-refractivity contribution in [3.05, 3.63) is 47.2 Å². The Hall–Kier alpha value is -2.57. The maximum absolute atomic E-state index is 13.1. The molecule has 0 bridgehead atoms. The van der Waals surface area contributed by atoms with E-state index in [0.29, 0.717) is 5.69 Å². The highest BCUT2D eigenvalue weighted by molar-refractivity contribution is 5.89. The maximum atomic E-state index is 13.1. The number of aryl methyl sites for hydroxylation is 1. The molecule has 22 heavy (non-hydrogen) atoms. The molecule has 1 aromatic carbocycles. The van der Waals surface area contributed by atoms with Crippen LogP contribution in [0.4, 0.5) is 13.2 Å². The zero-order valence-electron chi connectivity index (χ0n) is 11.7. The van der Waals surface area contributed by atoms with E-state index >= 15 is 0 Å². The molecule has 0 unspecified atom stereocenters. The fourth-order valence-electron chi connectivity index (χ4n) is 2.04. The number of alkyl halides is 3. The van der Waals surface area contributed by atoms with E-state index in [2.05, 4.69) is 4.98 Å². The SMILES string of the molecule is COc1ccc(C(F)(F)F)c(-c2cc(C(=O)O)cc(C)n2)c1. The van der Waals surface area contributed by atoms with Gasteiger partial charge in [-0.25, -0.2) is 4.79 Å². The van der Waals surface area contributed by atoms with Crippen molar-refractivity contribution in [3.8, 4) is 17.0 Å². The van der Waals surface area contributed by atoms with Gasteiger partial charge in [0.25, 0.3) is 0 Å². The van der Waals surface area contributed by atoms with Crippen LogP contribution in [0.1, 0.15) is 21.6 Å². The molecule has 0 fully saturated rings. The van der Waals surface area contributed by atoms with Crippen LogP contribution >= 0.6 is 0 Å². The zero-order chi connectivity index (χ0) is 16.5.